The first-order valence-electron chi connectivity index (χ1n) is 5.40. The number of aliphatic hydroxyl groups is 1. The van der Waals surface area contributed by atoms with Gasteiger partial charge < -0.3 is 14.6 Å². The third-order valence-electron chi connectivity index (χ3n) is 1.46. The molecule has 0 aromatic carbocycles. The zero-order valence-corrected chi connectivity index (χ0v) is 11.3. The number of rotatable bonds is 7. The summed E-state index contributed by atoms with van der Waals surface area (Å²) in [5.41, 5.74) is -0.443. The smallest absolute Gasteiger partial charge is 0.316 e. The summed E-state index contributed by atoms with van der Waals surface area (Å²) >= 11 is 1.36. The van der Waals surface area contributed by atoms with Crippen LogP contribution in [0.5, 0.6) is 0 Å². The van der Waals surface area contributed by atoms with Crippen LogP contribution >= 0.6 is 11.8 Å². The molecule has 0 amide bonds. The Balaban J connectivity index is 3.54. The van der Waals surface area contributed by atoms with Crippen LogP contribution in [0.3, 0.4) is 0 Å². The number of aliphatic hydroxyl groups excluding tert-OH is 1. The number of ether oxygens (including phenoxy) is 2. The van der Waals surface area contributed by atoms with Gasteiger partial charge in [-0.1, -0.05) is 0 Å². The predicted molar refractivity (Wildman–Crippen MR) is 65.7 cm³/mol. The quantitative estimate of drug-likeness (QED) is 0.693. The average Bonchev–Trinajstić information content (AvgIpc) is 2.11. The third-order valence-corrected chi connectivity index (χ3v) is 2.52. The van der Waals surface area contributed by atoms with E-state index in [4.69, 9.17) is 9.47 Å². The first-order valence-corrected chi connectivity index (χ1v) is 6.56. The van der Waals surface area contributed by atoms with E-state index in [9.17, 15) is 9.90 Å². The minimum atomic E-state index is -0.521. The Labute approximate surface area is 102 Å². The second kappa shape index (κ2) is 7.92. The second-order valence-corrected chi connectivity index (χ2v) is 5.45. The highest BCUT2D eigenvalue weighted by molar-refractivity contribution is 7.99. The van der Waals surface area contributed by atoms with E-state index < -0.39 is 11.7 Å². The van der Waals surface area contributed by atoms with Gasteiger partial charge in [-0.3, -0.25) is 4.79 Å². The normalized spacial score (nSPS) is 13.6. The molecule has 0 aromatic heterocycles. The van der Waals surface area contributed by atoms with E-state index >= 15 is 0 Å². The molecule has 0 bridgehead atoms. The van der Waals surface area contributed by atoms with Crippen LogP contribution in [0.1, 0.15) is 27.7 Å². The molecule has 1 atom stereocenters. The molecule has 16 heavy (non-hydrogen) atoms. The summed E-state index contributed by atoms with van der Waals surface area (Å²) in [5, 5.41) is 9.43. The number of carbonyl (C=O) groups is 1. The lowest BCUT2D eigenvalue weighted by atomic mass is 10.2. The van der Waals surface area contributed by atoms with E-state index in [1.54, 1.807) is 0 Å². The predicted octanol–water partition coefficient (Wildman–Crippen LogP) is 1.46. The number of hydrogen-bond acceptors (Lipinski definition) is 5. The molecule has 1 unspecified atom stereocenters. The molecule has 0 saturated heterocycles. The van der Waals surface area contributed by atoms with Crippen molar-refractivity contribution in [2.45, 2.75) is 39.4 Å². The fraction of sp³-hybridized carbons (Fsp3) is 0.909. The van der Waals surface area contributed by atoms with E-state index in [1.807, 2.05) is 27.7 Å². The first-order chi connectivity index (χ1) is 7.35. The molecule has 0 radical (unpaired) electrons. The summed E-state index contributed by atoms with van der Waals surface area (Å²) in [7, 11) is 0. The number of hydrogen-bond donors (Lipinski definition) is 1. The Bertz CT molecular complexity index is 201. The Morgan fingerprint density at radius 1 is 1.44 bits per heavy atom. The molecule has 0 fully saturated rings. The van der Waals surface area contributed by atoms with Gasteiger partial charge in [0.25, 0.3) is 0 Å². The van der Waals surface area contributed by atoms with Crippen LogP contribution in [0.4, 0.5) is 0 Å². The molecule has 0 rings (SSSR count). The Morgan fingerprint density at radius 2 is 2.06 bits per heavy atom. The minimum absolute atomic E-state index is 0.249. The van der Waals surface area contributed by atoms with Gasteiger partial charge in [0.15, 0.2) is 0 Å². The van der Waals surface area contributed by atoms with Gasteiger partial charge in [0.2, 0.25) is 0 Å². The number of esters is 1. The summed E-state index contributed by atoms with van der Waals surface area (Å²) in [6.45, 7) is 8.28. The Kier molecular flexibility index (Phi) is 7.80. The highest BCUT2D eigenvalue weighted by Crippen LogP contribution is 2.10. The number of thioether (sulfide) groups is 1. The molecule has 0 aliphatic carbocycles. The van der Waals surface area contributed by atoms with Crippen molar-refractivity contribution in [2.75, 3.05) is 24.7 Å². The van der Waals surface area contributed by atoms with Crippen molar-refractivity contribution >= 4 is 17.7 Å². The molecular formula is C11H22O4S. The van der Waals surface area contributed by atoms with Crippen LogP contribution in [0.25, 0.3) is 0 Å². The molecule has 0 aromatic rings. The maximum Gasteiger partial charge on any atom is 0.316 e. The molecule has 0 aliphatic rings. The molecule has 5 heteroatoms. The highest BCUT2D eigenvalue weighted by Gasteiger charge is 2.16. The second-order valence-electron chi connectivity index (χ2n) is 4.41. The molecule has 0 spiro atoms. The van der Waals surface area contributed by atoms with E-state index in [-0.39, 0.29) is 11.7 Å². The van der Waals surface area contributed by atoms with Crippen molar-refractivity contribution < 1.29 is 19.4 Å². The van der Waals surface area contributed by atoms with Gasteiger partial charge in [0.1, 0.15) is 5.60 Å². The van der Waals surface area contributed by atoms with Crippen LogP contribution < -0.4 is 0 Å². The van der Waals surface area contributed by atoms with Crippen molar-refractivity contribution in [2.24, 2.45) is 0 Å². The zero-order valence-electron chi connectivity index (χ0n) is 10.5. The van der Waals surface area contributed by atoms with Crippen molar-refractivity contribution in [1.29, 1.82) is 0 Å². The van der Waals surface area contributed by atoms with Crippen LogP contribution in [0.2, 0.25) is 0 Å². The van der Waals surface area contributed by atoms with Crippen molar-refractivity contribution in [3.63, 3.8) is 0 Å². The van der Waals surface area contributed by atoms with Crippen molar-refractivity contribution in [3.05, 3.63) is 0 Å². The van der Waals surface area contributed by atoms with Crippen LogP contribution in [0, 0.1) is 0 Å². The summed E-state index contributed by atoms with van der Waals surface area (Å²) in [6, 6.07) is 0. The molecule has 96 valence electrons. The molecule has 4 nitrogen and oxygen atoms in total. The van der Waals surface area contributed by atoms with Gasteiger partial charge >= 0.3 is 5.97 Å². The van der Waals surface area contributed by atoms with E-state index in [0.717, 1.165) is 0 Å². The summed E-state index contributed by atoms with van der Waals surface area (Å²) in [5.74, 6) is 0.501. The summed E-state index contributed by atoms with van der Waals surface area (Å²) in [6.07, 6.45) is -0.521. The molecule has 1 N–H and O–H groups in total. The average molecular weight is 250 g/mol. The largest absolute Gasteiger partial charge is 0.459 e. The van der Waals surface area contributed by atoms with Gasteiger partial charge in [0, 0.05) is 12.4 Å². The highest BCUT2D eigenvalue weighted by atomic mass is 32.2. The van der Waals surface area contributed by atoms with E-state index in [2.05, 4.69) is 0 Å². The SMILES string of the molecule is CCOCC(O)CSCC(=O)OC(C)(C)C. The fourth-order valence-electron chi connectivity index (χ4n) is 0.951. The van der Waals surface area contributed by atoms with Crippen molar-refractivity contribution in [1.82, 2.24) is 0 Å². The standard InChI is InChI=1S/C11H22O4S/c1-5-14-6-9(12)7-16-8-10(13)15-11(2,3)4/h9,12H,5-8H2,1-4H3. The number of carbonyl (C=O) groups excluding carboxylic acids is 1. The van der Waals surface area contributed by atoms with E-state index in [0.29, 0.717) is 19.0 Å². The Hall–Kier alpha value is -0.260. The van der Waals surface area contributed by atoms with Gasteiger partial charge in [-0.15, -0.1) is 11.8 Å². The van der Waals surface area contributed by atoms with Crippen LogP contribution in [-0.4, -0.2) is 47.5 Å². The van der Waals surface area contributed by atoms with Crippen molar-refractivity contribution in [3.8, 4) is 0 Å². The third kappa shape index (κ3) is 10.3. The van der Waals surface area contributed by atoms with Gasteiger partial charge in [-0.25, -0.2) is 0 Å². The monoisotopic (exact) mass is 250 g/mol. The van der Waals surface area contributed by atoms with Gasteiger partial charge in [-0.05, 0) is 27.7 Å². The molecule has 0 aliphatic heterocycles. The summed E-state index contributed by atoms with van der Waals surface area (Å²) < 4.78 is 10.2. The Morgan fingerprint density at radius 3 is 2.56 bits per heavy atom. The van der Waals surface area contributed by atoms with E-state index in [1.165, 1.54) is 11.8 Å². The first kappa shape index (κ1) is 15.7. The molecule has 0 saturated carbocycles. The van der Waals surface area contributed by atoms with Gasteiger partial charge in [0.05, 0.1) is 18.5 Å². The lowest BCUT2D eigenvalue weighted by Crippen LogP contribution is -2.25. The summed E-state index contributed by atoms with van der Waals surface area (Å²) in [4.78, 5) is 11.3. The minimum Gasteiger partial charge on any atom is -0.459 e. The van der Waals surface area contributed by atoms with Crippen LogP contribution in [0.15, 0.2) is 0 Å². The lowest BCUT2D eigenvalue weighted by Gasteiger charge is -2.19. The maximum atomic E-state index is 11.3. The van der Waals surface area contributed by atoms with Gasteiger partial charge in [-0.2, -0.15) is 0 Å². The topological polar surface area (TPSA) is 55.8 Å². The fourth-order valence-corrected chi connectivity index (χ4v) is 1.66. The van der Waals surface area contributed by atoms with Crippen LogP contribution in [-0.2, 0) is 14.3 Å². The zero-order chi connectivity index (χ0) is 12.6. The molecular weight excluding hydrogens is 228 g/mol. The lowest BCUT2D eigenvalue weighted by molar-refractivity contribution is -0.151. The maximum absolute atomic E-state index is 11.3. The molecule has 0 heterocycles.